The number of carbonyl (C=O) groups excluding carboxylic acids is 1. The zero-order chi connectivity index (χ0) is 21.2. The van der Waals surface area contributed by atoms with Crippen LogP contribution in [0, 0.1) is 0 Å². The quantitative estimate of drug-likeness (QED) is 0.479. The second-order valence-corrected chi connectivity index (χ2v) is 9.62. The molecular formula is C21H27N2O5S+. The van der Waals surface area contributed by atoms with E-state index in [2.05, 4.69) is 13.8 Å². The molecular weight excluding hydrogens is 392 g/mol. The zero-order valence-electron chi connectivity index (χ0n) is 16.6. The van der Waals surface area contributed by atoms with Crippen molar-refractivity contribution in [2.24, 2.45) is 0 Å². The Balaban J connectivity index is 1.60. The van der Waals surface area contributed by atoms with Gasteiger partial charge in [0.15, 0.2) is 11.5 Å². The van der Waals surface area contributed by atoms with E-state index >= 15 is 0 Å². The molecule has 0 bridgehead atoms. The average Bonchev–Trinajstić information content (AvgIpc) is 2.70. The van der Waals surface area contributed by atoms with E-state index in [0.717, 1.165) is 10.5 Å². The number of sulfonamides is 1. The van der Waals surface area contributed by atoms with Crippen molar-refractivity contribution in [3.8, 4) is 11.5 Å². The number of phenols is 2. The van der Waals surface area contributed by atoms with Crippen LogP contribution in [0.3, 0.4) is 0 Å². The van der Waals surface area contributed by atoms with Gasteiger partial charge in [-0.2, -0.15) is 4.31 Å². The molecule has 0 atom stereocenters. The van der Waals surface area contributed by atoms with Crippen LogP contribution in [0.5, 0.6) is 11.5 Å². The van der Waals surface area contributed by atoms with E-state index in [9.17, 15) is 23.4 Å². The molecule has 8 heteroatoms. The van der Waals surface area contributed by atoms with E-state index in [1.807, 2.05) is 12.1 Å². The average molecular weight is 420 g/mol. The number of nitrogens with zero attached hydrogens (tertiary/aromatic N) is 1. The van der Waals surface area contributed by atoms with Crippen LogP contribution in [0.25, 0.3) is 0 Å². The van der Waals surface area contributed by atoms with Crippen molar-refractivity contribution < 1.29 is 28.3 Å². The third-order valence-corrected chi connectivity index (χ3v) is 7.23. The number of carbonyl (C=O) groups is 1. The van der Waals surface area contributed by atoms with Crippen molar-refractivity contribution in [1.82, 2.24) is 4.31 Å². The summed E-state index contributed by atoms with van der Waals surface area (Å²) in [5, 5.41) is 18.9. The predicted molar refractivity (Wildman–Crippen MR) is 109 cm³/mol. The normalized spacial score (nSPS) is 16.2. The molecule has 1 saturated heterocycles. The molecule has 2 aromatic rings. The number of phenolic OH excluding ortho intramolecular Hbond substituents is 2. The van der Waals surface area contributed by atoms with Crippen LogP contribution in [0.4, 0.5) is 0 Å². The summed E-state index contributed by atoms with van der Waals surface area (Å²) in [4.78, 5) is 13.7. The van der Waals surface area contributed by atoms with Gasteiger partial charge in [0.1, 0.15) is 6.54 Å². The van der Waals surface area contributed by atoms with Crippen LogP contribution in [-0.2, 0) is 10.0 Å². The van der Waals surface area contributed by atoms with Gasteiger partial charge in [-0.15, -0.1) is 0 Å². The number of aromatic hydroxyl groups is 2. The highest BCUT2D eigenvalue weighted by atomic mass is 32.2. The summed E-state index contributed by atoms with van der Waals surface area (Å²) >= 11 is 0. The minimum atomic E-state index is -3.54. The van der Waals surface area contributed by atoms with Crippen LogP contribution in [0.1, 0.15) is 35.7 Å². The van der Waals surface area contributed by atoms with Crippen molar-refractivity contribution in [3.63, 3.8) is 0 Å². The van der Waals surface area contributed by atoms with Gasteiger partial charge in [0.2, 0.25) is 15.8 Å². The summed E-state index contributed by atoms with van der Waals surface area (Å²) in [6, 6.07) is 11.0. The van der Waals surface area contributed by atoms with Crippen LogP contribution in [-0.4, -0.2) is 61.4 Å². The number of Topliss-reactive ketones (excluding diaryl/α,β-unsaturated/α-hetero) is 1. The third-order valence-electron chi connectivity index (χ3n) is 5.32. The maximum absolute atomic E-state index is 12.9. The van der Waals surface area contributed by atoms with Gasteiger partial charge < -0.3 is 15.1 Å². The maximum atomic E-state index is 12.9. The number of hydrogen-bond acceptors (Lipinski definition) is 5. The second kappa shape index (κ2) is 8.52. The van der Waals surface area contributed by atoms with Crippen LogP contribution in [0.15, 0.2) is 47.4 Å². The Hall–Kier alpha value is -2.42. The van der Waals surface area contributed by atoms with Gasteiger partial charge in [0, 0.05) is 5.56 Å². The summed E-state index contributed by atoms with van der Waals surface area (Å²) in [7, 11) is -3.54. The Morgan fingerprint density at radius 1 is 1.03 bits per heavy atom. The Morgan fingerprint density at radius 3 is 2.21 bits per heavy atom. The zero-order valence-corrected chi connectivity index (χ0v) is 17.4. The maximum Gasteiger partial charge on any atom is 0.243 e. The molecule has 7 nitrogen and oxygen atoms in total. The molecule has 0 aromatic heterocycles. The van der Waals surface area contributed by atoms with Gasteiger partial charge in [-0.3, -0.25) is 4.79 Å². The van der Waals surface area contributed by atoms with Crippen molar-refractivity contribution in [2.75, 3.05) is 32.7 Å². The number of quaternary nitrogens is 1. The molecule has 3 N–H and O–H groups in total. The molecule has 0 unspecified atom stereocenters. The minimum absolute atomic E-state index is 0.157. The number of nitrogens with one attached hydrogen (secondary N) is 1. The Bertz CT molecular complexity index is 979. The van der Waals surface area contributed by atoms with E-state index in [-0.39, 0.29) is 23.8 Å². The van der Waals surface area contributed by atoms with Crippen molar-refractivity contribution in [2.45, 2.75) is 24.7 Å². The minimum Gasteiger partial charge on any atom is -0.504 e. The second-order valence-electron chi connectivity index (χ2n) is 7.68. The van der Waals surface area contributed by atoms with E-state index in [1.54, 1.807) is 12.1 Å². The molecule has 1 aliphatic heterocycles. The highest BCUT2D eigenvalue weighted by Crippen LogP contribution is 2.25. The molecule has 0 aliphatic carbocycles. The molecule has 29 heavy (non-hydrogen) atoms. The first-order valence-electron chi connectivity index (χ1n) is 9.67. The van der Waals surface area contributed by atoms with Crippen LogP contribution in [0.2, 0.25) is 0 Å². The fourth-order valence-electron chi connectivity index (χ4n) is 3.42. The lowest BCUT2D eigenvalue weighted by Gasteiger charge is -2.31. The molecule has 0 saturated carbocycles. The molecule has 156 valence electrons. The Labute approximate surface area is 171 Å². The summed E-state index contributed by atoms with van der Waals surface area (Å²) in [6.45, 7) is 6.08. The first-order valence-corrected chi connectivity index (χ1v) is 11.1. The molecule has 0 spiro atoms. The van der Waals surface area contributed by atoms with Gasteiger partial charge in [-0.05, 0) is 41.8 Å². The Kier molecular flexibility index (Phi) is 6.26. The molecule has 1 fully saturated rings. The van der Waals surface area contributed by atoms with E-state index in [0.29, 0.717) is 42.6 Å². The molecule has 0 radical (unpaired) electrons. The number of rotatable bonds is 6. The Morgan fingerprint density at radius 2 is 1.66 bits per heavy atom. The van der Waals surface area contributed by atoms with E-state index in [4.69, 9.17) is 0 Å². The number of benzene rings is 2. The topological polar surface area (TPSA) is 99.4 Å². The van der Waals surface area contributed by atoms with Gasteiger partial charge in [0.05, 0.1) is 31.1 Å². The summed E-state index contributed by atoms with van der Waals surface area (Å²) < 4.78 is 27.2. The lowest BCUT2D eigenvalue weighted by molar-refractivity contribution is -0.895. The summed E-state index contributed by atoms with van der Waals surface area (Å²) in [5.41, 5.74) is 1.42. The number of hydrogen-bond donors (Lipinski definition) is 3. The molecule has 3 rings (SSSR count). The van der Waals surface area contributed by atoms with E-state index < -0.39 is 10.0 Å². The fraction of sp³-hybridized carbons (Fsp3) is 0.381. The summed E-state index contributed by atoms with van der Waals surface area (Å²) in [6.07, 6.45) is 0. The monoisotopic (exact) mass is 419 g/mol. The van der Waals surface area contributed by atoms with Crippen molar-refractivity contribution in [3.05, 3.63) is 53.6 Å². The van der Waals surface area contributed by atoms with Gasteiger partial charge in [-0.1, -0.05) is 26.0 Å². The standard InChI is InChI=1S/C21H26N2O5S/c1-15(2)16-3-6-18(7-4-16)29(27,28)23-11-9-22(10-12-23)14-21(26)17-5-8-19(24)20(25)13-17/h3-8,13,15,24-25H,9-12,14H2,1-2H3/p+1. The third kappa shape index (κ3) is 4.77. The predicted octanol–water partition coefficient (Wildman–Crippen LogP) is 0.993. The number of piperazine rings is 1. The van der Waals surface area contributed by atoms with E-state index in [1.165, 1.54) is 22.5 Å². The smallest absolute Gasteiger partial charge is 0.243 e. The highest BCUT2D eigenvalue weighted by Gasteiger charge is 2.31. The molecule has 2 aromatic carbocycles. The molecule has 1 aliphatic rings. The van der Waals surface area contributed by atoms with Gasteiger partial charge in [0.25, 0.3) is 0 Å². The number of ketones is 1. The first kappa shape index (κ1) is 21.3. The van der Waals surface area contributed by atoms with Crippen LogP contribution < -0.4 is 4.90 Å². The SMILES string of the molecule is CC(C)c1ccc(S(=O)(=O)N2CC[NH+](CC(=O)c3ccc(O)c(O)c3)CC2)cc1. The highest BCUT2D eigenvalue weighted by molar-refractivity contribution is 7.89. The molecule has 1 heterocycles. The molecule has 0 amide bonds. The van der Waals surface area contributed by atoms with Crippen molar-refractivity contribution in [1.29, 1.82) is 0 Å². The van der Waals surface area contributed by atoms with Crippen LogP contribution >= 0.6 is 0 Å². The fourth-order valence-corrected chi connectivity index (χ4v) is 4.86. The van der Waals surface area contributed by atoms with Crippen molar-refractivity contribution >= 4 is 15.8 Å². The first-order chi connectivity index (χ1) is 13.7. The lowest BCUT2D eigenvalue weighted by Crippen LogP contribution is -3.15. The van der Waals surface area contributed by atoms with Gasteiger partial charge in [-0.25, -0.2) is 8.42 Å². The summed E-state index contributed by atoms with van der Waals surface area (Å²) in [5.74, 6) is -0.415. The lowest BCUT2D eigenvalue weighted by atomic mass is 10.0. The van der Waals surface area contributed by atoms with Gasteiger partial charge >= 0.3 is 0 Å². The largest absolute Gasteiger partial charge is 0.504 e.